The van der Waals surface area contributed by atoms with Gasteiger partial charge in [0.1, 0.15) is 0 Å². The summed E-state index contributed by atoms with van der Waals surface area (Å²) in [7, 11) is -3.92. The van der Waals surface area contributed by atoms with Gasteiger partial charge in [-0.2, -0.15) is 0 Å². The van der Waals surface area contributed by atoms with E-state index in [4.69, 9.17) is 0 Å². The monoisotopic (exact) mass is 380 g/mol. The van der Waals surface area contributed by atoms with Crippen molar-refractivity contribution in [2.24, 2.45) is 0 Å². The molecule has 0 atom stereocenters. The van der Waals surface area contributed by atoms with Crippen LogP contribution in [0.2, 0.25) is 0 Å². The summed E-state index contributed by atoms with van der Waals surface area (Å²) in [6.45, 7) is 2.98. The van der Waals surface area contributed by atoms with Crippen molar-refractivity contribution in [3.05, 3.63) is 65.2 Å². The Morgan fingerprint density at radius 3 is 2.31 bits per heavy atom. The van der Waals surface area contributed by atoms with Gasteiger partial charge in [0.15, 0.2) is 11.6 Å². The van der Waals surface area contributed by atoms with Crippen molar-refractivity contribution in [1.82, 2.24) is 9.62 Å². The van der Waals surface area contributed by atoms with Gasteiger partial charge in [0.05, 0.1) is 4.90 Å². The highest BCUT2D eigenvalue weighted by atomic mass is 32.2. The molecule has 0 radical (unpaired) electrons. The molecule has 0 unspecified atom stereocenters. The predicted octanol–water partition coefficient (Wildman–Crippen LogP) is 3.43. The molecule has 0 bridgehead atoms. The van der Waals surface area contributed by atoms with Crippen molar-refractivity contribution in [1.29, 1.82) is 0 Å². The molecule has 1 aliphatic rings. The van der Waals surface area contributed by atoms with E-state index in [0.29, 0.717) is 6.07 Å². The second kappa shape index (κ2) is 8.24. The maximum atomic E-state index is 13.3. The fourth-order valence-electron chi connectivity index (χ4n) is 3.14. The van der Waals surface area contributed by atoms with Crippen LogP contribution in [0.25, 0.3) is 0 Å². The maximum absolute atomic E-state index is 13.3. The van der Waals surface area contributed by atoms with Crippen LogP contribution in [0.15, 0.2) is 47.4 Å². The Morgan fingerprint density at radius 2 is 1.62 bits per heavy atom. The molecule has 0 spiro atoms. The molecule has 0 aromatic heterocycles. The van der Waals surface area contributed by atoms with Gasteiger partial charge >= 0.3 is 0 Å². The number of halogens is 2. The topological polar surface area (TPSA) is 49.4 Å². The molecule has 7 heteroatoms. The number of nitrogens with one attached hydrogen (secondary N) is 1. The first-order chi connectivity index (χ1) is 12.5. The van der Waals surface area contributed by atoms with E-state index >= 15 is 0 Å². The third-order valence-corrected chi connectivity index (χ3v) is 6.01. The van der Waals surface area contributed by atoms with Gasteiger partial charge < -0.3 is 0 Å². The van der Waals surface area contributed by atoms with Crippen molar-refractivity contribution < 1.29 is 17.2 Å². The molecule has 1 heterocycles. The minimum atomic E-state index is -3.92. The van der Waals surface area contributed by atoms with Crippen LogP contribution in [-0.4, -0.2) is 26.4 Å². The molecule has 4 nitrogen and oxygen atoms in total. The van der Waals surface area contributed by atoms with Crippen LogP contribution in [0.1, 0.15) is 30.4 Å². The van der Waals surface area contributed by atoms with E-state index in [1.165, 1.54) is 19.3 Å². The highest BCUT2D eigenvalue weighted by Gasteiger charge is 2.18. The van der Waals surface area contributed by atoms with Gasteiger partial charge in [-0.15, -0.1) is 0 Å². The Bertz CT molecular complexity index is 866. The zero-order chi connectivity index (χ0) is 18.6. The van der Waals surface area contributed by atoms with Crippen LogP contribution in [0.5, 0.6) is 0 Å². The fourth-order valence-corrected chi connectivity index (χ4v) is 4.16. The van der Waals surface area contributed by atoms with Crippen LogP contribution in [-0.2, 0) is 23.1 Å². The zero-order valence-corrected chi connectivity index (χ0v) is 15.2. The molecule has 2 aromatic rings. The summed E-state index contributed by atoms with van der Waals surface area (Å²) >= 11 is 0. The van der Waals surface area contributed by atoms with Gasteiger partial charge in [-0.25, -0.2) is 21.9 Å². The molecule has 26 heavy (non-hydrogen) atoms. The van der Waals surface area contributed by atoms with E-state index < -0.39 is 21.7 Å². The Morgan fingerprint density at radius 1 is 0.923 bits per heavy atom. The van der Waals surface area contributed by atoms with Crippen molar-refractivity contribution in [3.63, 3.8) is 0 Å². The van der Waals surface area contributed by atoms with E-state index in [1.54, 1.807) is 0 Å². The minimum absolute atomic E-state index is 0.103. The SMILES string of the molecule is O=S(=O)(NCc1ccccc1CN1CCCCC1)c1ccc(F)c(F)c1. The molecule has 0 aliphatic carbocycles. The first-order valence-electron chi connectivity index (χ1n) is 8.69. The average molecular weight is 380 g/mol. The predicted molar refractivity (Wildman–Crippen MR) is 96.0 cm³/mol. The summed E-state index contributed by atoms with van der Waals surface area (Å²) in [4.78, 5) is 2.08. The van der Waals surface area contributed by atoms with Gasteiger partial charge in [0, 0.05) is 13.1 Å². The van der Waals surface area contributed by atoms with Gasteiger partial charge in [0.2, 0.25) is 10.0 Å². The summed E-state index contributed by atoms with van der Waals surface area (Å²) in [5.41, 5.74) is 1.95. The van der Waals surface area contributed by atoms with Crippen LogP contribution < -0.4 is 4.72 Å². The number of piperidine rings is 1. The molecule has 1 N–H and O–H groups in total. The van der Waals surface area contributed by atoms with E-state index in [2.05, 4.69) is 9.62 Å². The van der Waals surface area contributed by atoms with Crippen LogP contribution in [0, 0.1) is 11.6 Å². The average Bonchev–Trinajstić information content (AvgIpc) is 2.64. The number of hydrogen-bond acceptors (Lipinski definition) is 3. The van der Waals surface area contributed by atoms with Gasteiger partial charge in [-0.1, -0.05) is 30.7 Å². The normalized spacial score (nSPS) is 15.9. The zero-order valence-electron chi connectivity index (χ0n) is 14.4. The Labute approximate surface area is 152 Å². The van der Waals surface area contributed by atoms with Crippen molar-refractivity contribution in [2.45, 2.75) is 37.2 Å². The quantitative estimate of drug-likeness (QED) is 0.835. The lowest BCUT2D eigenvalue weighted by molar-refractivity contribution is 0.220. The Kier molecular flexibility index (Phi) is 6.01. The van der Waals surface area contributed by atoms with Crippen molar-refractivity contribution >= 4 is 10.0 Å². The first kappa shape index (κ1) is 18.9. The van der Waals surface area contributed by atoms with Crippen LogP contribution in [0.4, 0.5) is 8.78 Å². The molecule has 0 saturated carbocycles. The lowest BCUT2D eigenvalue weighted by Gasteiger charge is -2.27. The van der Waals surface area contributed by atoms with Crippen LogP contribution >= 0.6 is 0 Å². The minimum Gasteiger partial charge on any atom is -0.299 e. The van der Waals surface area contributed by atoms with Gasteiger partial charge in [-0.05, 0) is 55.3 Å². The van der Waals surface area contributed by atoms with Gasteiger partial charge in [-0.3, -0.25) is 4.90 Å². The number of rotatable bonds is 6. The summed E-state index contributed by atoms with van der Waals surface area (Å²) < 4.78 is 53.5. The summed E-state index contributed by atoms with van der Waals surface area (Å²) in [6, 6.07) is 10.2. The molecule has 1 fully saturated rings. The largest absolute Gasteiger partial charge is 0.299 e. The third kappa shape index (κ3) is 4.66. The molecule has 0 amide bonds. The summed E-state index contributed by atoms with van der Waals surface area (Å²) in [5.74, 6) is -2.26. The molecule has 140 valence electrons. The molecule has 1 saturated heterocycles. The second-order valence-electron chi connectivity index (χ2n) is 6.51. The molecular formula is C19H22F2N2O2S. The van der Waals surface area contributed by atoms with Crippen molar-refractivity contribution in [2.75, 3.05) is 13.1 Å². The smallest absolute Gasteiger partial charge is 0.240 e. The second-order valence-corrected chi connectivity index (χ2v) is 8.27. The third-order valence-electron chi connectivity index (χ3n) is 4.62. The number of benzene rings is 2. The molecular weight excluding hydrogens is 358 g/mol. The number of likely N-dealkylation sites (tertiary alicyclic amines) is 1. The lowest BCUT2D eigenvalue weighted by atomic mass is 10.1. The number of nitrogens with zero attached hydrogens (tertiary/aromatic N) is 1. The van der Waals surface area contributed by atoms with E-state index in [1.807, 2.05) is 24.3 Å². The van der Waals surface area contributed by atoms with E-state index in [0.717, 1.165) is 42.9 Å². The maximum Gasteiger partial charge on any atom is 0.240 e. The van der Waals surface area contributed by atoms with Crippen LogP contribution in [0.3, 0.4) is 0 Å². The first-order valence-corrected chi connectivity index (χ1v) is 10.2. The number of sulfonamides is 1. The Balaban J connectivity index is 1.71. The Hall–Kier alpha value is -1.83. The fraction of sp³-hybridized carbons (Fsp3) is 0.368. The lowest BCUT2D eigenvalue weighted by Crippen LogP contribution is -2.30. The van der Waals surface area contributed by atoms with Crippen molar-refractivity contribution in [3.8, 4) is 0 Å². The molecule has 1 aliphatic heterocycles. The standard InChI is InChI=1S/C19H22F2N2O2S/c20-18-9-8-17(12-19(18)21)26(24,25)22-13-15-6-2-3-7-16(15)14-23-10-4-1-5-11-23/h2-3,6-9,12,22H,1,4-5,10-11,13-14H2. The van der Waals surface area contributed by atoms with Gasteiger partial charge in [0.25, 0.3) is 0 Å². The van der Waals surface area contributed by atoms with E-state index in [-0.39, 0.29) is 11.4 Å². The molecule has 3 rings (SSSR count). The highest BCUT2D eigenvalue weighted by Crippen LogP contribution is 2.18. The summed E-state index contributed by atoms with van der Waals surface area (Å²) in [6.07, 6.45) is 3.63. The molecule has 2 aromatic carbocycles. The van der Waals surface area contributed by atoms with E-state index in [9.17, 15) is 17.2 Å². The summed E-state index contributed by atoms with van der Waals surface area (Å²) in [5, 5.41) is 0. The highest BCUT2D eigenvalue weighted by molar-refractivity contribution is 7.89. The number of hydrogen-bond donors (Lipinski definition) is 1.